The number of hydrogen-bond acceptors (Lipinski definition) is 4. The molecule has 2 N–H and O–H groups in total. The molecule has 1 saturated heterocycles. The summed E-state index contributed by atoms with van der Waals surface area (Å²) >= 11 is 3.87. The number of carbonyl (C=O) groups excluding carboxylic acids is 2. The van der Waals surface area contributed by atoms with Crippen molar-refractivity contribution in [3.63, 3.8) is 0 Å². The van der Waals surface area contributed by atoms with Crippen LogP contribution in [0.5, 0.6) is 0 Å². The van der Waals surface area contributed by atoms with Gasteiger partial charge in [-0.3, -0.25) is 9.59 Å². The van der Waals surface area contributed by atoms with Gasteiger partial charge in [-0.05, 0) is 25.7 Å². The second-order valence-electron chi connectivity index (χ2n) is 4.76. The number of ether oxygens (including phenoxy) is 1. The van der Waals surface area contributed by atoms with Crippen molar-refractivity contribution in [3.8, 4) is 0 Å². The Hall–Kier alpha value is -0.750. The molecule has 1 aliphatic heterocycles. The molecule has 2 amide bonds. The minimum absolute atomic E-state index is 0.0439. The van der Waals surface area contributed by atoms with Gasteiger partial charge in [-0.2, -0.15) is 12.6 Å². The van der Waals surface area contributed by atoms with Crippen LogP contribution < -0.4 is 10.6 Å². The van der Waals surface area contributed by atoms with Crippen LogP contribution >= 0.6 is 12.6 Å². The van der Waals surface area contributed by atoms with E-state index >= 15 is 0 Å². The number of unbranched alkanes of at least 4 members (excludes halogenated alkanes) is 2. The summed E-state index contributed by atoms with van der Waals surface area (Å²) in [5.74, 6) is 0.276. The van der Waals surface area contributed by atoms with Crippen LogP contribution in [0, 0.1) is 0 Å². The zero-order chi connectivity index (χ0) is 13.9. The fourth-order valence-electron chi connectivity index (χ4n) is 1.99. The smallest absolute Gasteiger partial charge is 0.229 e. The molecule has 1 rings (SSSR count). The standard InChI is InChI=1S/C13H24N2O3S/c16-12(15-9-11-5-4-8-18-11)6-2-1-3-7-14-13(17)10-19/h11,19H,1-10H2,(H,14,17)(H,15,16). The maximum atomic E-state index is 11.5. The molecule has 1 heterocycles. The van der Waals surface area contributed by atoms with Gasteiger partial charge in [0.2, 0.25) is 11.8 Å². The molecule has 1 aliphatic rings. The highest BCUT2D eigenvalue weighted by Gasteiger charge is 2.15. The topological polar surface area (TPSA) is 67.4 Å². The molecule has 0 aliphatic carbocycles. The van der Waals surface area contributed by atoms with Crippen molar-refractivity contribution >= 4 is 24.4 Å². The number of hydrogen-bond donors (Lipinski definition) is 3. The molecule has 1 fully saturated rings. The van der Waals surface area contributed by atoms with Crippen molar-refractivity contribution < 1.29 is 14.3 Å². The molecule has 5 nitrogen and oxygen atoms in total. The molecular weight excluding hydrogens is 264 g/mol. The van der Waals surface area contributed by atoms with Crippen LogP contribution in [0.1, 0.15) is 38.5 Å². The van der Waals surface area contributed by atoms with Crippen molar-refractivity contribution in [2.45, 2.75) is 44.6 Å². The van der Waals surface area contributed by atoms with E-state index in [9.17, 15) is 9.59 Å². The summed E-state index contributed by atoms with van der Waals surface area (Å²) in [6, 6.07) is 0. The van der Waals surface area contributed by atoms with Gasteiger partial charge in [-0.1, -0.05) is 6.42 Å². The average molecular weight is 288 g/mol. The van der Waals surface area contributed by atoms with Gasteiger partial charge < -0.3 is 15.4 Å². The Kier molecular flexibility index (Phi) is 8.66. The lowest BCUT2D eigenvalue weighted by Crippen LogP contribution is -2.31. The van der Waals surface area contributed by atoms with E-state index in [1.807, 2.05) is 0 Å². The second-order valence-corrected chi connectivity index (χ2v) is 5.07. The highest BCUT2D eigenvalue weighted by molar-refractivity contribution is 7.81. The molecule has 110 valence electrons. The van der Waals surface area contributed by atoms with Crippen molar-refractivity contribution in [3.05, 3.63) is 0 Å². The van der Waals surface area contributed by atoms with Crippen LogP contribution in [0.3, 0.4) is 0 Å². The van der Waals surface area contributed by atoms with E-state index in [1.54, 1.807) is 0 Å². The monoisotopic (exact) mass is 288 g/mol. The Morgan fingerprint density at radius 1 is 1.16 bits per heavy atom. The summed E-state index contributed by atoms with van der Waals surface area (Å²) in [5, 5.41) is 5.65. The number of amides is 2. The van der Waals surface area contributed by atoms with Gasteiger partial charge in [0.05, 0.1) is 11.9 Å². The third kappa shape index (κ3) is 8.10. The first-order valence-corrected chi connectivity index (χ1v) is 7.61. The average Bonchev–Trinajstić information content (AvgIpc) is 2.93. The molecule has 0 spiro atoms. The largest absolute Gasteiger partial charge is 0.376 e. The molecule has 0 radical (unpaired) electrons. The van der Waals surface area contributed by atoms with E-state index in [0.717, 1.165) is 38.7 Å². The predicted octanol–water partition coefficient (Wildman–Crippen LogP) is 0.888. The molecule has 0 bridgehead atoms. The molecule has 1 unspecified atom stereocenters. The van der Waals surface area contributed by atoms with Gasteiger partial charge >= 0.3 is 0 Å². The molecule has 6 heteroatoms. The van der Waals surface area contributed by atoms with E-state index in [-0.39, 0.29) is 23.7 Å². The van der Waals surface area contributed by atoms with Gasteiger partial charge in [-0.15, -0.1) is 0 Å². The molecule has 0 saturated carbocycles. The molecular formula is C13H24N2O3S. The number of nitrogens with one attached hydrogen (secondary N) is 2. The van der Waals surface area contributed by atoms with E-state index in [1.165, 1.54) is 0 Å². The SMILES string of the molecule is O=C(CS)NCCCCCC(=O)NCC1CCCO1. The Morgan fingerprint density at radius 3 is 2.68 bits per heavy atom. The zero-order valence-corrected chi connectivity index (χ0v) is 12.2. The Balaban J connectivity index is 1.88. The van der Waals surface area contributed by atoms with Crippen LogP contribution in [0.2, 0.25) is 0 Å². The van der Waals surface area contributed by atoms with Crippen molar-refractivity contribution in [2.75, 3.05) is 25.4 Å². The van der Waals surface area contributed by atoms with Crippen LogP contribution in [-0.4, -0.2) is 43.4 Å². The second kappa shape index (κ2) is 10.1. The highest BCUT2D eigenvalue weighted by Crippen LogP contribution is 2.10. The molecule has 19 heavy (non-hydrogen) atoms. The van der Waals surface area contributed by atoms with Crippen LogP contribution in [-0.2, 0) is 14.3 Å². The normalized spacial score (nSPS) is 18.3. The van der Waals surface area contributed by atoms with Gasteiger partial charge in [0.15, 0.2) is 0 Å². The fourth-order valence-corrected chi connectivity index (χ4v) is 2.10. The summed E-state index contributed by atoms with van der Waals surface area (Å²) in [4.78, 5) is 22.4. The predicted molar refractivity (Wildman–Crippen MR) is 77.3 cm³/mol. The summed E-state index contributed by atoms with van der Waals surface area (Å²) < 4.78 is 5.43. The molecule has 1 atom stereocenters. The molecule has 0 aromatic heterocycles. The summed E-state index contributed by atoms with van der Waals surface area (Å²) in [5.41, 5.74) is 0. The first-order valence-electron chi connectivity index (χ1n) is 6.98. The lowest BCUT2D eigenvalue weighted by molar-refractivity contribution is -0.122. The fraction of sp³-hybridized carbons (Fsp3) is 0.846. The van der Waals surface area contributed by atoms with Gasteiger partial charge in [-0.25, -0.2) is 0 Å². The Labute approximate surface area is 120 Å². The summed E-state index contributed by atoms with van der Waals surface area (Å²) in [7, 11) is 0. The van der Waals surface area contributed by atoms with Gasteiger partial charge in [0, 0.05) is 26.1 Å². The minimum Gasteiger partial charge on any atom is -0.376 e. The minimum atomic E-state index is -0.0439. The molecule has 0 aromatic rings. The first kappa shape index (κ1) is 16.3. The van der Waals surface area contributed by atoms with E-state index < -0.39 is 0 Å². The highest BCUT2D eigenvalue weighted by atomic mass is 32.1. The van der Waals surface area contributed by atoms with E-state index in [0.29, 0.717) is 19.5 Å². The van der Waals surface area contributed by atoms with Gasteiger partial charge in [0.25, 0.3) is 0 Å². The summed E-state index contributed by atoms with van der Waals surface area (Å²) in [6.45, 7) is 2.12. The number of thiol groups is 1. The van der Waals surface area contributed by atoms with Crippen LogP contribution in [0.15, 0.2) is 0 Å². The van der Waals surface area contributed by atoms with E-state index in [2.05, 4.69) is 23.3 Å². The van der Waals surface area contributed by atoms with E-state index in [4.69, 9.17) is 4.74 Å². The van der Waals surface area contributed by atoms with Crippen molar-refractivity contribution in [2.24, 2.45) is 0 Å². The van der Waals surface area contributed by atoms with Crippen LogP contribution in [0.25, 0.3) is 0 Å². The van der Waals surface area contributed by atoms with Crippen molar-refractivity contribution in [1.29, 1.82) is 0 Å². The lowest BCUT2D eigenvalue weighted by Gasteiger charge is -2.10. The van der Waals surface area contributed by atoms with Crippen LogP contribution in [0.4, 0.5) is 0 Å². The lowest BCUT2D eigenvalue weighted by atomic mass is 10.2. The Morgan fingerprint density at radius 2 is 2.00 bits per heavy atom. The third-order valence-electron chi connectivity index (χ3n) is 3.10. The third-order valence-corrected chi connectivity index (χ3v) is 3.38. The van der Waals surface area contributed by atoms with Gasteiger partial charge in [0.1, 0.15) is 0 Å². The molecule has 0 aromatic carbocycles. The number of carbonyl (C=O) groups is 2. The Bertz CT molecular complexity index is 281. The number of rotatable bonds is 9. The quantitative estimate of drug-likeness (QED) is 0.436. The first-order chi connectivity index (χ1) is 9.22. The maximum absolute atomic E-state index is 11.5. The van der Waals surface area contributed by atoms with Crippen molar-refractivity contribution in [1.82, 2.24) is 10.6 Å². The summed E-state index contributed by atoms with van der Waals surface area (Å²) in [6.07, 6.45) is 5.60. The zero-order valence-electron chi connectivity index (χ0n) is 11.3. The maximum Gasteiger partial charge on any atom is 0.229 e.